The molecule has 0 aromatic carbocycles. The largest absolute Gasteiger partial charge is 0.326 e. The van der Waals surface area contributed by atoms with Gasteiger partial charge in [0.1, 0.15) is 0 Å². The molecule has 0 fully saturated rings. The number of nitrogens with two attached hydrogens (primary N) is 2. The topological polar surface area (TPSA) is 52.0 Å². The molecule has 4 N–H and O–H groups in total. The highest BCUT2D eigenvalue weighted by atomic mass is 14.5. The average molecular weight is 198 g/mol. The summed E-state index contributed by atoms with van der Waals surface area (Å²) in [4.78, 5) is 0. The molecule has 0 aliphatic carbocycles. The molecule has 0 rings (SSSR count). The predicted octanol–water partition coefficient (Wildman–Crippen LogP) is 3.13. The molecule has 0 aromatic rings. The zero-order valence-corrected chi connectivity index (χ0v) is 9.38. The minimum absolute atomic E-state index is 1.08. The van der Waals surface area contributed by atoms with Crippen LogP contribution < -0.4 is 11.5 Å². The molecule has 14 heavy (non-hydrogen) atoms. The molecule has 0 bridgehead atoms. The Hall–Kier alpha value is -0.0800. The molecule has 0 spiro atoms. The lowest BCUT2D eigenvalue weighted by molar-refractivity contribution is 0.564. The van der Waals surface area contributed by atoms with E-state index in [1.165, 1.54) is 51.4 Å². The van der Waals surface area contributed by atoms with Crippen LogP contribution in [0.25, 0.3) is 0 Å². The molecule has 2 nitrogen and oxygen atoms in total. The van der Waals surface area contributed by atoms with Crippen molar-refractivity contribution in [3.05, 3.63) is 13.1 Å². The first-order valence-corrected chi connectivity index (χ1v) is 5.98. The van der Waals surface area contributed by atoms with Crippen molar-refractivity contribution in [1.82, 2.24) is 0 Å². The minimum Gasteiger partial charge on any atom is -0.326 e. The highest BCUT2D eigenvalue weighted by Crippen LogP contribution is 2.10. The van der Waals surface area contributed by atoms with Crippen LogP contribution in [0.4, 0.5) is 0 Å². The van der Waals surface area contributed by atoms with Crippen LogP contribution in [0.15, 0.2) is 0 Å². The molecule has 0 heterocycles. The maximum absolute atomic E-state index is 5.30. The van der Waals surface area contributed by atoms with Crippen LogP contribution in [0.3, 0.4) is 0 Å². The molecular weight excluding hydrogens is 172 g/mol. The second kappa shape index (κ2) is 12.9. The summed E-state index contributed by atoms with van der Waals surface area (Å²) in [5.74, 6) is 0. The van der Waals surface area contributed by atoms with Crippen molar-refractivity contribution >= 4 is 0 Å². The van der Waals surface area contributed by atoms with Crippen molar-refractivity contribution in [2.24, 2.45) is 11.5 Å². The van der Waals surface area contributed by atoms with Gasteiger partial charge in [-0.2, -0.15) is 0 Å². The molecular formula is C12H26N2. The molecule has 2 radical (unpaired) electrons. The molecule has 0 aliphatic rings. The summed E-state index contributed by atoms with van der Waals surface area (Å²) in [6.07, 6.45) is 12.9. The van der Waals surface area contributed by atoms with Crippen LogP contribution in [-0.4, -0.2) is 0 Å². The van der Waals surface area contributed by atoms with Crippen LogP contribution in [0.1, 0.15) is 64.2 Å². The Kier molecular flexibility index (Phi) is 12.8. The lowest BCUT2D eigenvalue weighted by Crippen LogP contribution is -1.90. The first kappa shape index (κ1) is 13.9. The Balaban J connectivity index is 2.78. The van der Waals surface area contributed by atoms with Gasteiger partial charge in [-0.15, -0.1) is 0 Å². The summed E-state index contributed by atoms with van der Waals surface area (Å²) in [6.45, 7) is 3.53. The van der Waals surface area contributed by atoms with Crippen molar-refractivity contribution in [2.75, 3.05) is 0 Å². The highest BCUT2D eigenvalue weighted by Gasteiger charge is 1.91. The second-order valence-corrected chi connectivity index (χ2v) is 3.88. The quantitative estimate of drug-likeness (QED) is 0.501. The minimum atomic E-state index is 1.08. The third-order valence-electron chi connectivity index (χ3n) is 2.49. The van der Waals surface area contributed by atoms with E-state index in [1.54, 1.807) is 13.1 Å². The summed E-state index contributed by atoms with van der Waals surface area (Å²) in [6, 6.07) is 0. The maximum atomic E-state index is 5.30. The van der Waals surface area contributed by atoms with E-state index in [0.29, 0.717) is 0 Å². The number of unbranched alkanes of at least 4 members (excludes halogenated alkanes) is 9. The highest BCUT2D eigenvalue weighted by molar-refractivity contribution is 4.55. The van der Waals surface area contributed by atoms with Gasteiger partial charge in [-0.3, -0.25) is 0 Å². The van der Waals surface area contributed by atoms with E-state index in [1.807, 2.05) is 0 Å². The van der Waals surface area contributed by atoms with Crippen molar-refractivity contribution in [2.45, 2.75) is 64.2 Å². The SMILES string of the molecule is N[CH]CCCCCCCCCC[CH]N. The van der Waals surface area contributed by atoms with Crippen LogP contribution >= 0.6 is 0 Å². The van der Waals surface area contributed by atoms with Gasteiger partial charge in [-0.05, 0) is 12.8 Å². The molecule has 0 aromatic heterocycles. The number of rotatable bonds is 11. The fourth-order valence-corrected chi connectivity index (χ4v) is 1.59. The molecule has 2 heteroatoms. The maximum Gasteiger partial charge on any atom is 0.0192 e. The molecule has 0 saturated carbocycles. The molecule has 0 amide bonds. The second-order valence-electron chi connectivity index (χ2n) is 3.88. The van der Waals surface area contributed by atoms with E-state index >= 15 is 0 Å². The van der Waals surface area contributed by atoms with Gasteiger partial charge in [0.15, 0.2) is 0 Å². The van der Waals surface area contributed by atoms with E-state index in [2.05, 4.69) is 0 Å². The number of hydrogen-bond acceptors (Lipinski definition) is 2. The summed E-state index contributed by atoms with van der Waals surface area (Å²) in [7, 11) is 0. The smallest absolute Gasteiger partial charge is 0.0192 e. The van der Waals surface area contributed by atoms with E-state index in [0.717, 1.165) is 12.8 Å². The summed E-state index contributed by atoms with van der Waals surface area (Å²) in [5.41, 5.74) is 10.6. The van der Waals surface area contributed by atoms with E-state index in [4.69, 9.17) is 11.5 Å². The van der Waals surface area contributed by atoms with Gasteiger partial charge in [-0.1, -0.05) is 51.4 Å². The summed E-state index contributed by atoms with van der Waals surface area (Å²) >= 11 is 0. The Bertz CT molecular complexity index is 82.3. The average Bonchev–Trinajstić information content (AvgIpc) is 2.21. The van der Waals surface area contributed by atoms with Gasteiger partial charge in [0.2, 0.25) is 0 Å². The normalized spacial score (nSPS) is 10.7. The van der Waals surface area contributed by atoms with Crippen molar-refractivity contribution in [3.63, 3.8) is 0 Å². The van der Waals surface area contributed by atoms with Gasteiger partial charge >= 0.3 is 0 Å². The zero-order chi connectivity index (χ0) is 10.5. The Labute approximate surface area is 89.4 Å². The Morgan fingerprint density at radius 2 is 0.786 bits per heavy atom. The third-order valence-corrected chi connectivity index (χ3v) is 2.49. The van der Waals surface area contributed by atoms with Gasteiger partial charge in [-0.25, -0.2) is 0 Å². The fourth-order valence-electron chi connectivity index (χ4n) is 1.59. The summed E-state index contributed by atoms with van der Waals surface area (Å²) in [5, 5.41) is 0. The lowest BCUT2D eigenvalue weighted by Gasteiger charge is -2.01. The number of hydrogen-bond donors (Lipinski definition) is 2. The molecule has 0 aliphatic heterocycles. The van der Waals surface area contributed by atoms with Crippen LogP contribution in [0, 0.1) is 13.1 Å². The molecule has 0 unspecified atom stereocenters. The van der Waals surface area contributed by atoms with Crippen molar-refractivity contribution in [1.29, 1.82) is 0 Å². The first-order valence-electron chi connectivity index (χ1n) is 5.98. The lowest BCUT2D eigenvalue weighted by atomic mass is 10.1. The third kappa shape index (κ3) is 11.9. The first-order chi connectivity index (χ1) is 6.91. The van der Waals surface area contributed by atoms with Gasteiger partial charge in [0.25, 0.3) is 0 Å². The van der Waals surface area contributed by atoms with Crippen LogP contribution in [0.2, 0.25) is 0 Å². The Morgan fingerprint density at radius 1 is 0.500 bits per heavy atom. The van der Waals surface area contributed by atoms with Gasteiger partial charge in [0.05, 0.1) is 0 Å². The van der Waals surface area contributed by atoms with E-state index in [9.17, 15) is 0 Å². The fraction of sp³-hybridized carbons (Fsp3) is 0.833. The van der Waals surface area contributed by atoms with E-state index < -0.39 is 0 Å². The molecule has 0 saturated heterocycles. The molecule has 84 valence electrons. The van der Waals surface area contributed by atoms with Crippen molar-refractivity contribution < 1.29 is 0 Å². The monoisotopic (exact) mass is 198 g/mol. The summed E-state index contributed by atoms with van der Waals surface area (Å²) < 4.78 is 0. The van der Waals surface area contributed by atoms with Gasteiger partial charge < -0.3 is 11.5 Å². The van der Waals surface area contributed by atoms with Crippen LogP contribution in [-0.2, 0) is 0 Å². The van der Waals surface area contributed by atoms with E-state index in [-0.39, 0.29) is 0 Å². The van der Waals surface area contributed by atoms with Gasteiger partial charge in [0, 0.05) is 13.1 Å². The zero-order valence-electron chi connectivity index (χ0n) is 9.38. The van der Waals surface area contributed by atoms with Crippen molar-refractivity contribution in [3.8, 4) is 0 Å². The van der Waals surface area contributed by atoms with Crippen LogP contribution in [0.5, 0.6) is 0 Å². The predicted molar refractivity (Wildman–Crippen MR) is 63.1 cm³/mol. The Morgan fingerprint density at radius 3 is 1.07 bits per heavy atom. The standard InChI is InChI=1S/C12H26N2/c13-11-9-7-5-3-1-2-4-6-8-10-12-14/h11-12H,1-10,13-14H2. The molecule has 0 atom stereocenters.